The van der Waals surface area contributed by atoms with Gasteiger partial charge in [0, 0.05) is 32.7 Å². The summed E-state index contributed by atoms with van der Waals surface area (Å²) >= 11 is 0. The smallest absolute Gasteiger partial charge is 0.250 e. The molecule has 0 radical (unpaired) electrons. The van der Waals surface area contributed by atoms with Crippen LogP contribution in [0.3, 0.4) is 0 Å². The van der Waals surface area contributed by atoms with Crippen molar-refractivity contribution < 1.29 is 4.74 Å². The first-order valence-corrected chi connectivity index (χ1v) is 8.52. The van der Waals surface area contributed by atoms with E-state index in [9.17, 15) is 0 Å². The number of rotatable bonds is 4. The average molecular weight is 326 g/mol. The van der Waals surface area contributed by atoms with Gasteiger partial charge >= 0.3 is 0 Å². The lowest BCUT2D eigenvalue weighted by molar-refractivity contribution is 0.0765. The molecule has 1 aromatic heterocycles. The van der Waals surface area contributed by atoms with Crippen molar-refractivity contribution in [2.24, 2.45) is 0 Å². The third kappa shape index (κ3) is 3.26. The number of aromatic nitrogens is 4. The minimum absolute atomic E-state index is 0.330. The summed E-state index contributed by atoms with van der Waals surface area (Å²) in [7, 11) is 0. The number of ether oxygens (including phenoxy) is 1. The second-order valence-corrected chi connectivity index (χ2v) is 6.22. The molecule has 1 atom stereocenters. The summed E-state index contributed by atoms with van der Waals surface area (Å²) in [4.78, 5) is 4.72. The summed E-state index contributed by atoms with van der Waals surface area (Å²) in [5.74, 6) is 0.817. The highest BCUT2D eigenvalue weighted by Gasteiger charge is 2.24. The van der Waals surface area contributed by atoms with Gasteiger partial charge in [0.15, 0.2) is 0 Å². The number of piperazine rings is 1. The Morgan fingerprint density at radius 3 is 2.67 bits per heavy atom. The minimum Gasteiger partial charge on any atom is -0.497 e. The van der Waals surface area contributed by atoms with Gasteiger partial charge in [-0.25, -0.2) is 0 Å². The van der Waals surface area contributed by atoms with E-state index in [2.05, 4.69) is 31.4 Å². The maximum absolute atomic E-state index is 5.68. The monoisotopic (exact) mass is 326 g/mol. The summed E-state index contributed by atoms with van der Waals surface area (Å²) < 4.78 is 7.49. The Morgan fingerprint density at radius 2 is 1.92 bits per heavy atom. The molecule has 7 nitrogen and oxygen atoms in total. The molecule has 0 amide bonds. The lowest BCUT2D eigenvalue weighted by Gasteiger charge is -2.36. The van der Waals surface area contributed by atoms with Crippen molar-refractivity contribution in [2.45, 2.75) is 18.9 Å². The van der Waals surface area contributed by atoms with Crippen LogP contribution in [-0.4, -0.2) is 63.9 Å². The van der Waals surface area contributed by atoms with Crippen LogP contribution in [0, 0.1) is 0 Å². The Labute approximate surface area is 141 Å². The Bertz CT molecular complexity index is 677. The molecule has 0 saturated carbocycles. The molecule has 2 aliphatic heterocycles. The van der Waals surface area contributed by atoms with Crippen LogP contribution in [0.5, 0.6) is 0 Å². The topological polar surface area (TPSA) is 59.3 Å². The van der Waals surface area contributed by atoms with Crippen LogP contribution in [0.1, 0.15) is 12.8 Å². The van der Waals surface area contributed by atoms with Crippen molar-refractivity contribution in [1.29, 1.82) is 0 Å². The molecule has 24 heavy (non-hydrogen) atoms. The average Bonchev–Trinajstić information content (AvgIpc) is 3.14. The van der Waals surface area contributed by atoms with Crippen molar-refractivity contribution in [3.63, 3.8) is 0 Å². The molecule has 1 aromatic carbocycles. The van der Waals surface area contributed by atoms with Crippen LogP contribution in [0.4, 0.5) is 5.95 Å². The van der Waals surface area contributed by atoms with Gasteiger partial charge in [-0.15, -0.1) is 0 Å². The fraction of sp³-hybridized carbons (Fsp3) is 0.471. The maximum Gasteiger partial charge on any atom is 0.250 e. The SMILES string of the molecule is C1=CO[C@H](CN2CCN(c3nnnn3-c3ccccc3)CC2)CC1. The predicted molar refractivity (Wildman–Crippen MR) is 91.1 cm³/mol. The Balaban J connectivity index is 1.38. The van der Waals surface area contributed by atoms with E-state index in [1.807, 2.05) is 41.3 Å². The van der Waals surface area contributed by atoms with Crippen LogP contribution in [0.15, 0.2) is 42.7 Å². The molecule has 0 N–H and O–H groups in total. The first-order valence-electron chi connectivity index (χ1n) is 8.52. The summed E-state index contributed by atoms with van der Waals surface area (Å²) in [6, 6.07) is 10.0. The molecule has 2 aliphatic rings. The van der Waals surface area contributed by atoms with E-state index in [-0.39, 0.29) is 0 Å². The molecule has 126 valence electrons. The highest BCUT2D eigenvalue weighted by Crippen LogP contribution is 2.18. The number of hydrogen-bond donors (Lipinski definition) is 0. The molecule has 0 spiro atoms. The van der Waals surface area contributed by atoms with Crippen LogP contribution < -0.4 is 4.90 Å². The Kier molecular flexibility index (Phi) is 4.42. The van der Waals surface area contributed by atoms with E-state index in [1.165, 1.54) is 0 Å². The first kappa shape index (κ1) is 15.1. The van der Waals surface area contributed by atoms with Crippen molar-refractivity contribution >= 4 is 5.95 Å². The lowest BCUT2D eigenvalue weighted by Crippen LogP contribution is -2.49. The fourth-order valence-electron chi connectivity index (χ4n) is 3.25. The maximum atomic E-state index is 5.68. The normalized spacial score (nSPS) is 21.7. The Morgan fingerprint density at radius 1 is 1.08 bits per heavy atom. The lowest BCUT2D eigenvalue weighted by atomic mass is 10.1. The van der Waals surface area contributed by atoms with E-state index in [1.54, 1.807) is 0 Å². The number of nitrogens with zero attached hydrogens (tertiary/aromatic N) is 6. The zero-order valence-corrected chi connectivity index (χ0v) is 13.7. The van der Waals surface area contributed by atoms with Gasteiger partial charge in [-0.1, -0.05) is 23.3 Å². The first-order chi connectivity index (χ1) is 11.9. The molecule has 1 fully saturated rings. The minimum atomic E-state index is 0.330. The van der Waals surface area contributed by atoms with Gasteiger partial charge in [0.25, 0.3) is 0 Å². The molecular formula is C17H22N6O. The molecule has 1 saturated heterocycles. The second-order valence-electron chi connectivity index (χ2n) is 6.22. The standard InChI is InChI=1S/C17H22N6O/c1-2-6-15(7-3-1)23-17(18-19-20-23)22-11-9-21(10-12-22)14-16-8-4-5-13-24-16/h1-3,5-7,13,16H,4,8-12,14H2/t16-/m0/s1. The van der Waals surface area contributed by atoms with Crippen molar-refractivity contribution in [3.05, 3.63) is 42.7 Å². The zero-order valence-electron chi connectivity index (χ0n) is 13.7. The van der Waals surface area contributed by atoms with Crippen LogP contribution in [0.2, 0.25) is 0 Å². The summed E-state index contributed by atoms with van der Waals surface area (Å²) in [5, 5.41) is 12.2. The molecule has 4 rings (SSSR count). The quantitative estimate of drug-likeness (QED) is 0.848. The second kappa shape index (κ2) is 7.00. The molecule has 0 bridgehead atoms. The predicted octanol–water partition coefficient (Wildman–Crippen LogP) is 1.48. The van der Waals surface area contributed by atoms with Gasteiger partial charge < -0.3 is 9.64 Å². The van der Waals surface area contributed by atoms with Crippen molar-refractivity contribution in [2.75, 3.05) is 37.6 Å². The number of allylic oxidation sites excluding steroid dienone is 1. The number of para-hydroxylation sites is 1. The van der Waals surface area contributed by atoms with Crippen LogP contribution in [-0.2, 0) is 4.74 Å². The van der Waals surface area contributed by atoms with Gasteiger partial charge in [0.2, 0.25) is 5.95 Å². The fourth-order valence-corrected chi connectivity index (χ4v) is 3.25. The molecule has 0 aliphatic carbocycles. The number of hydrogen-bond acceptors (Lipinski definition) is 6. The van der Waals surface area contributed by atoms with Crippen molar-refractivity contribution in [1.82, 2.24) is 25.1 Å². The van der Waals surface area contributed by atoms with Gasteiger partial charge in [-0.05, 0) is 41.5 Å². The van der Waals surface area contributed by atoms with E-state index in [0.29, 0.717) is 6.10 Å². The molecule has 7 heteroatoms. The van der Waals surface area contributed by atoms with Gasteiger partial charge in [-0.3, -0.25) is 4.90 Å². The number of benzene rings is 1. The van der Waals surface area contributed by atoms with E-state index < -0.39 is 0 Å². The Hall–Kier alpha value is -2.41. The number of anilines is 1. The van der Waals surface area contributed by atoms with Gasteiger partial charge in [0.1, 0.15) is 6.10 Å². The van der Waals surface area contributed by atoms with Gasteiger partial charge in [0.05, 0.1) is 11.9 Å². The molecular weight excluding hydrogens is 304 g/mol. The third-order valence-electron chi connectivity index (χ3n) is 4.59. The number of tetrazole rings is 1. The highest BCUT2D eigenvalue weighted by molar-refractivity contribution is 5.40. The van der Waals surface area contributed by atoms with Gasteiger partial charge in [-0.2, -0.15) is 4.68 Å². The molecule has 2 aromatic rings. The largest absolute Gasteiger partial charge is 0.497 e. The van der Waals surface area contributed by atoms with Crippen LogP contribution >= 0.6 is 0 Å². The zero-order chi connectivity index (χ0) is 16.2. The highest BCUT2D eigenvalue weighted by atomic mass is 16.5. The summed E-state index contributed by atoms with van der Waals surface area (Å²) in [5.41, 5.74) is 0.988. The third-order valence-corrected chi connectivity index (χ3v) is 4.59. The van der Waals surface area contributed by atoms with E-state index in [0.717, 1.165) is 57.2 Å². The summed E-state index contributed by atoms with van der Waals surface area (Å²) in [6.45, 7) is 4.86. The van der Waals surface area contributed by atoms with Crippen molar-refractivity contribution in [3.8, 4) is 5.69 Å². The van der Waals surface area contributed by atoms with E-state index >= 15 is 0 Å². The molecule has 3 heterocycles. The molecule has 0 unspecified atom stereocenters. The van der Waals surface area contributed by atoms with E-state index in [4.69, 9.17) is 4.74 Å². The van der Waals surface area contributed by atoms with Crippen LogP contribution in [0.25, 0.3) is 5.69 Å². The summed E-state index contributed by atoms with van der Waals surface area (Å²) in [6.07, 6.45) is 6.51.